The Balaban J connectivity index is 1.65. The van der Waals surface area contributed by atoms with E-state index in [1.165, 1.54) is 35.0 Å². The van der Waals surface area contributed by atoms with Crippen molar-refractivity contribution in [2.45, 2.75) is 12.6 Å². The molecule has 3 aromatic rings. The molecule has 0 unspecified atom stereocenters. The van der Waals surface area contributed by atoms with E-state index < -0.39 is 17.6 Å². The lowest BCUT2D eigenvalue weighted by Crippen LogP contribution is -2.19. The molecule has 0 bridgehead atoms. The van der Waals surface area contributed by atoms with Crippen LogP contribution in [-0.4, -0.2) is 15.5 Å². The largest absolute Gasteiger partial charge is 0.416 e. The summed E-state index contributed by atoms with van der Waals surface area (Å²) in [6, 6.07) is 11.0. The van der Waals surface area contributed by atoms with E-state index in [9.17, 15) is 22.8 Å². The third kappa shape index (κ3) is 4.64. The summed E-state index contributed by atoms with van der Waals surface area (Å²) in [4.78, 5) is 27.7. The summed E-state index contributed by atoms with van der Waals surface area (Å²) < 4.78 is 39.1. The van der Waals surface area contributed by atoms with Gasteiger partial charge in [-0.2, -0.15) is 13.2 Å². The zero-order valence-corrected chi connectivity index (χ0v) is 14.8. The molecule has 0 radical (unpaired) electrons. The lowest BCUT2D eigenvalue weighted by Gasteiger charge is -2.08. The SMILES string of the molecule is Cn1cc(C(=O)Nc2ccc(Cc3ccc(C(F)(F)F)cc3)cn2)ccc1=O. The highest BCUT2D eigenvalue weighted by atomic mass is 19.4. The van der Waals surface area contributed by atoms with Crippen molar-refractivity contribution in [3.63, 3.8) is 0 Å². The molecule has 3 rings (SSSR count). The van der Waals surface area contributed by atoms with Gasteiger partial charge in [-0.15, -0.1) is 0 Å². The standard InChI is InChI=1S/C20H16F3N3O2/c1-26-12-15(5-9-18(26)27)19(28)25-17-8-4-14(11-24-17)10-13-2-6-16(7-3-13)20(21,22)23/h2-9,11-12H,10H2,1H3,(H,24,25,28). The van der Waals surface area contributed by atoms with Crippen LogP contribution >= 0.6 is 0 Å². The number of pyridine rings is 2. The first-order valence-corrected chi connectivity index (χ1v) is 8.31. The summed E-state index contributed by atoms with van der Waals surface area (Å²) in [6.45, 7) is 0. The molecule has 0 aliphatic rings. The van der Waals surface area contributed by atoms with Crippen molar-refractivity contribution >= 4 is 11.7 Å². The van der Waals surface area contributed by atoms with E-state index in [1.807, 2.05) is 0 Å². The molecule has 144 valence electrons. The molecule has 0 atom stereocenters. The highest BCUT2D eigenvalue weighted by molar-refractivity contribution is 6.03. The van der Waals surface area contributed by atoms with Crippen LogP contribution in [0.5, 0.6) is 0 Å². The van der Waals surface area contributed by atoms with E-state index in [2.05, 4.69) is 10.3 Å². The molecule has 0 aliphatic heterocycles. The van der Waals surface area contributed by atoms with Crippen LogP contribution in [0.1, 0.15) is 27.0 Å². The molecular formula is C20H16F3N3O2. The lowest BCUT2D eigenvalue weighted by atomic mass is 10.0. The minimum Gasteiger partial charge on any atom is -0.318 e. The fraction of sp³-hybridized carbons (Fsp3) is 0.150. The summed E-state index contributed by atoms with van der Waals surface area (Å²) >= 11 is 0. The highest BCUT2D eigenvalue weighted by Crippen LogP contribution is 2.29. The number of nitrogens with zero attached hydrogens (tertiary/aromatic N) is 2. The number of nitrogens with one attached hydrogen (secondary N) is 1. The van der Waals surface area contributed by atoms with E-state index in [-0.39, 0.29) is 5.56 Å². The molecule has 2 aromatic heterocycles. The zero-order chi connectivity index (χ0) is 20.3. The minimum atomic E-state index is -4.36. The summed E-state index contributed by atoms with van der Waals surface area (Å²) in [5.74, 6) is -0.0754. The van der Waals surface area contributed by atoms with E-state index in [0.29, 0.717) is 17.8 Å². The van der Waals surface area contributed by atoms with Crippen molar-refractivity contribution in [2.75, 3.05) is 5.32 Å². The Morgan fingerprint density at radius 2 is 1.71 bits per heavy atom. The first kappa shape index (κ1) is 19.3. The lowest BCUT2D eigenvalue weighted by molar-refractivity contribution is -0.137. The van der Waals surface area contributed by atoms with Gasteiger partial charge in [0.15, 0.2) is 0 Å². The van der Waals surface area contributed by atoms with Crippen LogP contribution in [0, 0.1) is 0 Å². The third-order valence-electron chi connectivity index (χ3n) is 4.10. The van der Waals surface area contributed by atoms with Crippen LogP contribution in [0.3, 0.4) is 0 Å². The number of carbonyl (C=O) groups is 1. The van der Waals surface area contributed by atoms with Crippen molar-refractivity contribution in [1.82, 2.24) is 9.55 Å². The Morgan fingerprint density at radius 3 is 2.29 bits per heavy atom. The molecule has 0 aliphatic carbocycles. The summed E-state index contributed by atoms with van der Waals surface area (Å²) in [6.07, 6.45) is -0.962. The molecule has 1 amide bonds. The second kappa shape index (κ2) is 7.67. The molecule has 0 saturated heterocycles. The maximum Gasteiger partial charge on any atom is 0.416 e. The second-order valence-corrected chi connectivity index (χ2v) is 6.24. The summed E-state index contributed by atoms with van der Waals surface area (Å²) in [5.41, 5.74) is 0.919. The van der Waals surface area contributed by atoms with Gasteiger partial charge in [0.2, 0.25) is 5.56 Å². The van der Waals surface area contributed by atoms with E-state index >= 15 is 0 Å². The topological polar surface area (TPSA) is 64.0 Å². The van der Waals surface area contributed by atoms with Crippen LogP contribution in [0.15, 0.2) is 65.7 Å². The summed E-state index contributed by atoms with van der Waals surface area (Å²) in [5, 5.41) is 2.63. The Kier molecular flexibility index (Phi) is 5.30. The molecule has 8 heteroatoms. The van der Waals surface area contributed by atoms with Gasteiger partial charge in [0, 0.05) is 25.5 Å². The Labute approximate surface area is 158 Å². The molecule has 1 N–H and O–H groups in total. The van der Waals surface area contributed by atoms with Gasteiger partial charge in [-0.05, 0) is 41.8 Å². The maximum absolute atomic E-state index is 12.6. The second-order valence-electron chi connectivity index (χ2n) is 6.24. The van der Waals surface area contributed by atoms with Gasteiger partial charge in [-0.1, -0.05) is 18.2 Å². The van der Waals surface area contributed by atoms with E-state index in [4.69, 9.17) is 0 Å². The molecule has 28 heavy (non-hydrogen) atoms. The fourth-order valence-corrected chi connectivity index (χ4v) is 2.57. The number of aromatic nitrogens is 2. The summed E-state index contributed by atoms with van der Waals surface area (Å²) in [7, 11) is 1.55. The number of hydrogen-bond acceptors (Lipinski definition) is 3. The smallest absolute Gasteiger partial charge is 0.318 e. The highest BCUT2D eigenvalue weighted by Gasteiger charge is 2.29. The number of halogens is 3. The van der Waals surface area contributed by atoms with Crippen LogP contribution < -0.4 is 10.9 Å². The average molecular weight is 387 g/mol. The first-order chi connectivity index (χ1) is 13.2. The molecular weight excluding hydrogens is 371 g/mol. The van der Waals surface area contributed by atoms with Gasteiger partial charge in [0.05, 0.1) is 11.1 Å². The minimum absolute atomic E-state index is 0.220. The number of amides is 1. The first-order valence-electron chi connectivity index (χ1n) is 8.31. The molecule has 0 fully saturated rings. The monoisotopic (exact) mass is 387 g/mol. The maximum atomic E-state index is 12.6. The Hall–Kier alpha value is -3.42. The number of anilines is 1. The third-order valence-corrected chi connectivity index (χ3v) is 4.10. The molecule has 0 spiro atoms. The van der Waals surface area contributed by atoms with Gasteiger partial charge in [-0.25, -0.2) is 4.98 Å². The van der Waals surface area contributed by atoms with Crippen molar-refractivity contribution < 1.29 is 18.0 Å². The number of hydrogen-bond donors (Lipinski definition) is 1. The predicted molar refractivity (Wildman–Crippen MR) is 98.1 cm³/mol. The van der Waals surface area contributed by atoms with Gasteiger partial charge >= 0.3 is 6.18 Å². The van der Waals surface area contributed by atoms with Crippen molar-refractivity contribution in [3.8, 4) is 0 Å². The zero-order valence-electron chi connectivity index (χ0n) is 14.8. The number of carbonyl (C=O) groups excluding carboxylic acids is 1. The average Bonchev–Trinajstić information content (AvgIpc) is 2.65. The Bertz CT molecular complexity index is 1040. The normalized spacial score (nSPS) is 11.3. The van der Waals surface area contributed by atoms with Crippen LogP contribution in [0.2, 0.25) is 0 Å². The molecule has 2 heterocycles. The Morgan fingerprint density at radius 1 is 1.04 bits per heavy atom. The van der Waals surface area contributed by atoms with Crippen LogP contribution in [0.4, 0.5) is 19.0 Å². The number of rotatable bonds is 4. The fourth-order valence-electron chi connectivity index (χ4n) is 2.57. The predicted octanol–water partition coefficient (Wildman–Crippen LogP) is 3.64. The quantitative estimate of drug-likeness (QED) is 0.743. The number of alkyl halides is 3. The molecule has 1 aromatic carbocycles. The van der Waals surface area contributed by atoms with Crippen molar-refractivity contribution in [3.05, 3.63) is 93.5 Å². The van der Waals surface area contributed by atoms with Gasteiger partial charge < -0.3 is 9.88 Å². The van der Waals surface area contributed by atoms with Crippen LogP contribution in [0.25, 0.3) is 0 Å². The number of benzene rings is 1. The van der Waals surface area contributed by atoms with Crippen LogP contribution in [-0.2, 0) is 19.6 Å². The van der Waals surface area contributed by atoms with Gasteiger partial charge in [0.25, 0.3) is 5.91 Å². The molecule has 0 saturated carbocycles. The van der Waals surface area contributed by atoms with Gasteiger partial charge in [0.1, 0.15) is 5.82 Å². The van der Waals surface area contributed by atoms with E-state index in [1.54, 1.807) is 25.4 Å². The molecule has 5 nitrogen and oxygen atoms in total. The number of aryl methyl sites for hydroxylation is 1. The van der Waals surface area contributed by atoms with Crippen molar-refractivity contribution in [2.24, 2.45) is 7.05 Å². The van der Waals surface area contributed by atoms with Crippen molar-refractivity contribution in [1.29, 1.82) is 0 Å². The van der Waals surface area contributed by atoms with E-state index in [0.717, 1.165) is 23.3 Å². The van der Waals surface area contributed by atoms with Gasteiger partial charge in [-0.3, -0.25) is 9.59 Å².